The molecule has 0 spiro atoms. The van der Waals surface area contributed by atoms with E-state index >= 15 is 0 Å². The fraction of sp³-hybridized carbons (Fsp3) is 0.143. The number of fused-ring (bicyclic) bond motifs is 1. The fourth-order valence-electron chi connectivity index (χ4n) is 0.994. The van der Waals surface area contributed by atoms with Gasteiger partial charge in [-0.25, -0.2) is 9.50 Å². The molecule has 2 rings (SSSR count). The summed E-state index contributed by atoms with van der Waals surface area (Å²) in [6.07, 6.45) is 0. The van der Waals surface area contributed by atoms with Crippen molar-refractivity contribution in [1.82, 2.24) is 14.6 Å². The second-order valence-corrected chi connectivity index (χ2v) is 3.55. The molecule has 86 valence electrons. The van der Waals surface area contributed by atoms with Gasteiger partial charge in [0.15, 0.2) is 5.65 Å². The van der Waals surface area contributed by atoms with Crippen LogP contribution in [-0.4, -0.2) is 14.6 Å². The molecule has 0 aliphatic heterocycles. The second-order valence-electron chi connectivity index (χ2n) is 2.41. The van der Waals surface area contributed by atoms with Gasteiger partial charge < -0.3 is 0 Å². The summed E-state index contributed by atoms with van der Waals surface area (Å²) in [5.41, 5.74) is 1.70. The average molecular weight is 489 g/mol. The predicted molar refractivity (Wildman–Crippen MR) is 81.4 cm³/mol. The molecular formula is C7H8Br4ClN3. The Labute approximate surface area is 132 Å². The maximum atomic E-state index is 5.72. The molecule has 0 unspecified atom stereocenters. The Balaban J connectivity index is 0. The number of rotatable bonds is 0. The van der Waals surface area contributed by atoms with Crippen molar-refractivity contribution in [3.05, 3.63) is 27.6 Å². The number of aryl methyl sites for hydroxylation is 1. The zero-order chi connectivity index (χ0) is 8.72. The minimum atomic E-state index is 0. The highest BCUT2D eigenvalue weighted by Crippen LogP contribution is 2.17. The molecule has 0 aromatic carbocycles. The van der Waals surface area contributed by atoms with E-state index in [1.165, 1.54) is 0 Å². The fourth-order valence-corrected chi connectivity index (χ4v) is 1.48. The predicted octanol–water partition coefficient (Wildman–Crippen LogP) is 4.19. The summed E-state index contributed by atoms with van der Waals surface area (Å²) in [4.78, 5) is 4.25. The highest BCUT2D eigenvalue weighted by atomic mass is 79.9. The van der Waals surface area contributed by atoms with Crippen LogP contribution >= 0.6 is 78.5 Å². The lowest BCUT2D eigenvalue weighted by atomic mass is 10.6. The number of imidazole rings is 1. The van der Waals surface area contributed by atoms with Crippen molar-refractivity contribution in [3.63, 3.8) is 0 Å². The van der Waals surface area contributed by atoms with E-state index < -0.39 is 0 Å². The topological polar surface area (TPSA) is 30.2 Å². The lowest BCUT2D eigenvalue weighted by molar-refractivity contribution is 0.913. The van der Waals surface area contributed by atoms with Crippen LogP contribution < -0.4 is 0 Å². The molecule has 0 bridgehead atoms. The highest BCUT2D eigenvalue weighted by Gasteiger charge is 2.05. The third kappa shape index (κ3) is 3.66. The molecule has 0 N–H and O–H groups in total. The smallest absolute Gasteiger partial charge is 0.155 e. The molecule has 0 atom stereocenters. The normalized spacial score (nSPS) is 8.73. The van der Waals surface area contributed by atoms with Crippen LogP contribution in [0.5, 0.6) is 0 Å². The van der Waals surface area contributed by atoms with Crippen molar-refractivity contribution < 1.29 is 0 Å². The van der Waals surface area contributed by atoms with Crippen LogP contribution in [0.15, 0.2) is 16.7 Å². The quantitative estimate of drug-likeness (QED) is 0.556. The maximum absolute atomic E-state index is 5.72. The zero-order valence-corrected chi connectivity index (χ0v) is 15.0. The molecule has 3 nitrogen and oxygen atoms in total. The Morgan fingerprint density at radius 2 is 1.87 bits per heavy atom. The van der Waals surface area contributed by atoms with Gasteiger partial charge in [-0.2, -0.15) is 5.10 Å². The lowest BCUT2D eigenvalue weighted by Crippen LogP contribution is -1.90. The number of nitrogens with zero attached hydrogens (tertiary/aromatic N) is 3. The van der Waals surface area contributed by atoms with Crippen LogP contribution in [0, 0.1) is 6.92 Å². The maximum Gasteiger partial charge on any atom is 0.155 e. The number of hydrogen-bond donors (Lipinski definition) is 0. The van der Waals surface area contributed by atoms with Crippen molar-refractivity contribution in [3.8, 4) is 0 Å². The summed E-state index contributed by atoms with van der Waals surface area (Å²) in [6, 6.07) is 3.54. The van der Waals surface area contributed by atoms with Crippen molar-refractivity contribution >= 4 is 84.1 Å². The Kier molecular flexibility index (Phi) is 8.75. The van der Waals surface area contributed by atoms with E-state index in [4.69, 9.17) is 11.6 Å². The van der Waals surface area contributed by atoms with Gasteiger partial charge in [-0.1, -0.05) is 11.6 Å². The molecule has 2 aromatic rings. The van der Waals surface area contributed by atoms with Crippen molar-refractivity contribution in [2.45, 2.75) is 6.92 Å². The van der Waals surface area contributed by atoms with E-state index in [0.29, 0.717) is 5.15 Å². The van der Waals surface area contributed by atoms with Crippen LogP contribution in [0.3, 0.4) is 0 Å². The van der Waals surface area contributed by atoms with Crippen molar-refractivity contribution in [2.24, 2.45) is 0 Å². The second kappa shape index (κ2) is 7.21. The van der Waals surface area contributed by atoms with Crippen LogP contribution in [-0.2, 0) is 0 Å². The zero-order valence-electron chi connectivity index (χ0n) is 7.48. The molecule has 8 heteroatoms. The minimum absolute atomic E-state index is 0. The van der Waals surface area contributed by atoms with E-state index in [0.717, 1.165) is 15.9 Å². The summed E-state index contributed by atoms with van der Waals surface area (Å²) in [5, 5.41) is 4.53. The summed E-state index contributed by atoms with van der Waals surface area (Å²) in [5.74, 6) is 0. The summed E-state index contributed by atoms with van der Waals surface area (Å²) < 4.78 is 2.51. The first-order valence-electron chi connectivity index (χ1n) is 3.36. The molecular weight excluding hydrogens is 481 g/mol. The first-order chi connectivity index (χ1) is 5.68. The summed E-state index contributed by atoms with van der Waals surface area (Å²) >= 11 is 9.08. The third-order valence-electron chi connectivity index (χ3n) is 1.55. The van der Waals surface area contributed by atoms with Gasteiger partial charge in [0.05, 0.1) is 5.69 Å². The number of halogens is 5. The first-order valence-corrected chi connectivity index (χ1v) is 4.53. The Hall–Kier alpha value is 0.830. The van der Waals surface area contributed by atoms with Gasteiger partial charge in [0, 0.05) is 0 Å². The summed E-state index contributed by atoms with van der Waals surface area (Å²) in [6.45, 7) is 1.91. The molecule has 0 fully saturated rings. The van der Waals surface area contributed by atoms with Crippen LogP contribution in [0.25, 0.3) is 5.65 Å². The van der Waals surface area contributed by atoms with E-state index in [-0.39, 0.29) is 50.9 Å². The monoisotopic (exact) mass is 485 g/mol. The molecule has 0 aliphatic rings. The Bertz CT molecular complexity index is 445. The molecule has 0 radical (unpaired) electrons. The van der Waals surface area contributed by atoms with Gasteiger partial charge in [0.25, 0.3) is 0 Å². The van der Waals surface area contributed by atoms with E-state index in [2.05, 4.69) is 26.0 Å². The Morgan fingerprint density at radius 1 is 1.27 bits per heavy atom. The molecule has 15 heavy (non-hydrogen) atoms. The van der Waals surface area contributed by atoms with Gasteiger partial charge in [-0.05, 0) is 35.0 Å². The van der Waals surface area contributed by atoms with E-state index in [9.17, 15) is 0 Å². The van der Waals surface area contributed by atoms with Gasteiger partial charge >= 0.3 is 0 Å². The molecule has 0 amide bonds. The van der Waals surface area contributed by atoms with Gasteiger partial charge in [0.2, 0.25) is 0 Å². The standard InChI is InChI=1S/C7H5BrClN3.3BrH/c1-4-7(8)12-6(10-4)3-2-5(9)11-12;;;/h2-3H,1H3;3*1H. The Morgan fingerprint density at radius 3 is 2.47 bits per heavy atom. The molecule has 2 heterocycles. The molecule has 0 saturated heterocycles. The molecule has 0 aliphatic carbocycles. The SMILES string of the molecule is Br.Br.Br.Cc1nc2ccc(Cl)nn2c1Br. The number of hydrogen-bond acceptors (Lipinski definition) is 2. The highest BCUT2D eigenvalue weighted by molar-refractivity contribution is 9.10. The van der Waals surface area contributed by atoms with E-state index in [1.807, 2.05) is 13.0 Å². The minimum Gasteiger partial charge on any atom is -0.231 e. The van der Waals surface area contributed by atoms with Crippen LogP contribution in [0.2, 0.25) is 5.15 Å². The van der Waals surface area contributed by atoms with Gasteiger partial charge in [-0.15, -0.1) is 50.9 Å². The van der Waals surface area contributed by atoms with Crippen LogP contribution in [0.1, 0.15) is 5.69 Å². The van der Waals surface area contributed by atoms with Gasteiger partial charge in [-0.3, -0.25) is 0 Å². The van der Waals surface area contributed by atoms with Gasteiger partial charge in [0.1, 0.15) is 9.76 Å². The van der Waals surface area contributed by atoms with Crippen molar-refractivity contribution in [1.29, 1.82) is 0 Å². The largest absolute Gasteiger partial charge is 0.231 e. The molecule has 0 saturated carbocycles. The van der Waals surface area contributed by atoms with Crippen LogP contribution in [0.4, 0.5) is 0 Å². The van der Waals surface area contributed by atoms with E-state index in [1.54, 1.807) is 10.6 Å². The first kappa shape index (κ1) is 18.2. The third-order valence-corrected chi connectivity index (χ3v) is 2.66. The average Bonchev–Trinajstić information content (AvgIpc) is 2.31. The lowest BCUT2D eigenvalue weighted by Gasteiger charge is -1.93. The number of aromatic nitrogens is 3. The summed E-state index contributed by atoms with van der Waals surface area (Å²) in [7, 11) is 0. The van der Waals surface area contributed by atoms with Crippen molar-refractivity contribution in [2.75, 3.05) is 0 Å². The molecule has 2 aromatic heterocycles.